The molecule has 2 N–H and O–H groups in total. The fourth-order valence-corrected chi connectivity index (χ4v) is 4.15. The predicted octanol–water partition coefficient (Wildman–Crippen LogP) is 1.06. The first kappa shape index (κ1) is 20.2. The van der Waals surface area contributed by atoms with Gasteiger partial charge in [0, 0.05) is 38.1 Å². The molecule has 1 aliphatic heterocycles. The maximum atomic E-state index is 12.4. The maximum Gasteiger partial charge on any atom is 0.240 e. The van der Waals surface area contributed by atoms with E-state index in [4.69, 9.17) is 0 Å². The first-order valence-corrected chi connectivity index (χ1v) is 10.6. The normalized spacial score (nSPS) is 15.4. The van der Waals surface area contributed by atoms with E-state index < -0.39 is 10.0 Å². The minimum atomic E-state index is -3.57. The molecular weight excluding hydrogens is 378 g/mol. The van der Waals surface area contributed by atoms with Gasteiger partial charge in [-0.2, -0.15) is 0 Å². The van der Waals surface area contributed by atoms with Crippen LogP contribution < -0.4 is 14.9 Å². The minimum absolute atomic E-state index is 0.164. The number of amides is 1. The van der Waals surface area contributed by atoms with Gasteiger partial charge in [-0.15, -0.1) is 0 Å². The van der Waals surface area contributed by atoms with Gasteiger partial charge in [0.05, 0.1) is 11.4 Å². The summed E-state index contributed by atoms with van der Waals surface area (Å²) < 4.78 is 26.5. The van der Waals surface area contributed by atoms with Crippen molar-refractivity contribution in [1.29, 1.82) is 0 Å². The first-order valence-electron chi connectivity index (χ1n) is 9.11. The number of carbonyl (C=O) groups excluding carboxylic acids is 1. The number of sulfonamides is 1. The van der Waals surface area contributed by atoms with Gasteiger partial charge in [-0.05, 0) is 43.8 Å². The molecule has 1 aliphatic rings. The average Bonchev–Trinajstić information content (AvgIpc) is 2.70. The highest BCUT2D eigenvalue weighted by molar-refractivity contribution is 7.89. The number of rotatable bonds is 6. The molecule has 1 fully saturated rings. The van der Waals surface area contributed by atoms with Gasteiger partial charge in [0.25, 0.3) is 0 Å². The number of anilines is 2. The summed E-state index contributed by atoms with van der Waals surface area (Å²) in [6, 6.07) is 10.7. The van der Waals surface area contributed by atoms with Crippen LogP contribution in [-0.4, -0.2) is 64.0 Å². The van der Waals surface area contributed by atoms with Crippen molar-refractivity contribution in [3.05, 3.63) is 48.2 Å². The van der Waals surface area contributed by atoms with Crippen molar-refractivity contribution in [2.75, 3.05) is 50.0 Å². The molecule has 2 aromatic rings. The molecule has 9 heteroatoms. The zero-order valence-corrected chi connectivity index (χ0v) is 16.9. The quantitative estimate of drug-likeness (QED) is 0.749. The molecule has 1 aromatic heterocycles. The van der Waals surface area contributed by atoms with Crippen molar-refractivity contribution in [3.63, 3.8) is 0 Å². The van der Waals surface area contributed by atoms with Gasteiger partial charge in [0.1, 0.15) is 5.82 Å². The van der Waals surface area contributed by atoms with Crippen molar-refractivity contribution in [2.45, 2.75) is 11.8 Å². The van der Waals surface area contributed by atoms with E-state index in [2.05, 4.69) is 24.8 Å². The molecule has 2 heterocycles. The highest BCUT2D eigenvalue weighted by Crippen LogP contribution is 2.20. The highest BCUT2D eigenvalue weighted by Gasteiger charge is 2.20. The summed E-state index contributed by atoms with van der Waals surface area (Å²) >= 11 is 0. The molecule has 0 saturated carbocycles. The van der Waals surface area contributed by atoms with Gasteiger partial charge in [0.2, 0.25) is 15.9 Å². The number of benzene rings is 1. The van der Waals surface area contributed by atoms with Crippen LogP contribution in [0.4, 0.5) is 11.5 Å². The van der Waals surface area contributed by atoms with E-state index in [1.165, 1.54) is 13.1 Å². The van der Waals surface area contributed by atoms with Crippen LogP contribution >= 0.6 is 0 Å². The predicted molar refractivity (Wildman–Crippen MR) is 109 cm³/mol. The Bertz CT molecular complexity index is 926. The topological polar surface area (TPSA) is 94.6 Å². The fraction of sp³-hybridized carbons (Fsp3) is 0.368. The number of nitrogens with zero attached hydrogens (tertiary/aromatic N) is 3. The van der Waals surface area contributed by atoms with E-state index in [9.17, 15) is 13.2 Å². The zero-order chi connectivity index (χ0) is 20.1. The Hall–Kier alpha value is -2.49. The van der Waals surface area contributed by atoms with Crippen LogP contribution in [0.25, 0.3) is 0 Å². The molecule has 1 saturated heterocycles. The Morgan fingerprint density at radius 2 is 1.89 bits per heavy atom. The zero-order valence-electron chi connectivity index (χ0n) is 16.1. The summed E-state index contributed by atoms with van der Waals surface area (Å²) in [5, 5.41) is 2.80. The van der Waals surface area contributed by atoms with Crippen molar-refractivity contribution in [1.82, 2.24) is 14.6 Å². The van der Waals surface area contributed by atoms with Crippen LogP contribution in [0, 0.1) is 6.92 Å². The number of aromatic nitrogens is 1. The Labute approximate surface area is 165 Å². The number of nitrogens with one attached hydrogen (secondary N) is 2. The fourth-order valence-electron chi connectivity index (χ4n) is 3.16. The lowest BCUT2D eigenvalue weighted by Crippen LogP contribution is -2.48. The highest BCUT2D eigenvalue weighted by atomic mass is 32.2. The third-order valence-corrected chi connectivity index (χ3v) is 6.30. The van der Waals surface area contributed by atoms with Gasteiger partial charge < -0.3 is 10.2 Å². The monoisotopic (exact) mass is 403 g/mol. The summed E-state index contributed by atoms with van der Waals surface area (Å²) in [7, 11) is -2.20. The van der Waals surface area contributed by atoms with Gasteiger partial charge in [0.15, 0.2) is 0 Å². The SMILES string of the molecule is CNS(=O)(=O)c1cc(NC(=O)CN2CCN(c3ccccn3)CC2)ccc1C. The number of piperazine rings is 1. The molecule has 0 unspecified atom stereocenters. The van der Waals surface area contributed by atoms with E-state index >= 15 is 0 Å². The molecule has 28 heavy (non-hydrogen) atoms. The molecule has 0 bridgehead atoms. The van der Waals surface area contributed by atoms with E-state index in [0.717, 1.165) is 32.0 Å². The molecule has 1 aromatic carbocycles. The number of hydrogen-bond donors (Lipinski definition) is 2. The second-order valence-corrected chi connectivity index (χ2v) is 8.54. The molecule has 0 aliphatic carbocycles. The van der Waals surface area contributed by atoms with E-state index in [1.807, 2.05) is 18.2 Å². The van der Waals surface area contributed by atoms with Crippen molar-refractivity contribution >= 4 is 27.4 Å². The molecule has 0 atom stereocenters. The van der Waals surface area contributed by atoms with Crippen LogP contribution in [0.15, 0.2) is 47.5 Å². The second-order valence-electron chi connectivity index (χ2n) is 6.69. The smallest absolute Gasteiger partial charge is 0.240 e. The first-order chi connectivity index (χ1) is 13.4. The number of aryl methyl sites for hydroxylation is 1. The van der Waals surface area contributed by atoms with Crippen molar-refractivity contribution in [2.24, 2.45) is 0 Å². The second kappa shape index (κ2) is 8.68. The van der Waals surface area contributed by atoms with Gasteiger partial charge >= 0.3 is 0 Å². The van der Waals surface area contributed by atoms with Gasteiger partial charge in [-0.3, -0.25) is 9.69 Å². The summed E-state index contributed by atoms with van der Waals surface area (Å²) in [5.74, 6) is 0.785. The maximum absolute atomic E-state index is 12.4. The Morgan fingerprint density at radius 1 is 1.14 bits per heavy atom. The van der Waals surface area contributed by atoms with Crippen molar-refractivity contribution < 1.29 is 13.2 Å². The lowest BCUT2D eigenvalue weighted by Gasteiger charge is -2.34. The third kappa shape index (κ3) is 4.86. The molecule has 0 radical (unpaired) electrons. The Balaban J connectivity index is 1.56. The van der Waals surface area contributed by atoms with Gasteiger partial charge in [-0.25, -0.2) is 18.1 Å². The van der Waals surface area contributed by atoms with Gasteiger partial charge in [-0.1, -0.05) is 12.1 Å². The number of hydrogen-bond acceptors (Lipinski definition) is 6. The summed E-state index contributed by atoms with van der Waals surface area (Å²) in [5.41, 5.74) is 1.09. The standard InChI is InChI=1S/C19H25N5O3S/c1-15-6-7-16(13-17(15)28(26,27)20-2)22-19(25)14-23-9-11-24(12-10-23)18-5-3-4-8-21-18/h3-8,13,20H,9-12,14H2,1-2H3,(H,22,25). The summed E-state index contributed by atoms with van der Waals surface area (Å²) in [6.45, 7) is 5.11. The molecule has 3 rings (SSSR count). The lowest BCUT2D eigenvalue weighted by atomic mass is 10.2. The summed E-state index contributed by atoms with van der Waals surface area (Å²) in [6.07, 6.45) is 1.78. The largest absolute Gasteiger partial charge is 0.354 e. The number of carbonyl (C=O) groups is 1. The summed E-state index contributed by atoms with van der Waals surface area (Å²) in [4.78, 5) is 21.2. The van der Waals surface area contributed by atoms with Crippen LogP contribution in [0.1, 0.15) is 5.56 Å². The van der Waals surface area contributed by atoms with E-state index in [1.54, 1.807) is 25.3 Å². The molecule has 0 spiro atoms. The number of pyridine rings is 1. The molecule has 1 amide bonds. The van der Waals surface area contributed by atoms with Crippen LogP contribution in [0.5, 0.6) is 0 Å². The molecule has 150 valence electrons. The Morgan fingerprint density at radius 3 is 2.54 bits per heavy atom. The lowest BCUT2D eigenvalue weighted by molar-refractivity contribution is -0.117. The molecular formula is C19H25N5O3S. The average molecular weight is 404 g/mol. The molecule has 8 nitrogen and oxygen atoms in total. The van der Waals surface area contributed by atoms with Crippen LogP contribution in [0.2, 0.25) is 0 Å². The van der Waals surface area contributed by atoms with Crippen molar-refractivity contribution in [3.8, 4) is 0 Å². The van der Waals surface area contributed by atoms with E-state index in [0.29, 0.717) is 11.3 Å². The Kier molecular flexibility index (Phi) is 6.28. The van der Waals surface area contributed by atoms with E-state index in [-0.39, 0.29) is 17.3 Å². The third-order valence-electron chi connectivity index (χ3n) is 4.74. The minimum Gasteiger partial charge on any atom is -0.354 e. The van der Waals surface area contributed by atoms with Crippen LogP contribution in [0.3, 0.4) is 0 Å². The van der Waals surface area contributed by atoms with Crippen LogP contribution in [-0.2, 0) is 14.8 Å².